The minimum atomic E-state index is -0.949. The molecule has 0 unspecified atom stereocenters. The number of rotatable bonds is 6. The van der Waals surface area contributed by atoms with Crippen LogP contribution in [0.15, 0.2) is 45.3 Å². The lowest BCUT2D eigenvalue weighted by atomic mass is 10.1. The Balaban J connectivity index is 1.84. The maximum absolute atomic E-state index is 11.8. The van der Waals surface area contributed by atoms with Crippen LogP contribution in [0, 0.1) is 10.1 Å². The van der Waals surface area contributed by atoms with E-state index in [1.54, 1.807) is 6.92 Å². The summed E-state index contributed by atoms with van der Waals surface area (Å²) in [6, 6.07) is 9.28. The summed E-state index contributed by atoms with van der Waals surface area (Å²) in [5.41, 5.74) is 0.888. The minimum absolute atomic E-state index is 0.269. The number of hydrogen-bond acceptors (Lipinski definition) is 6. The molecule has 126 valence electrons. The minimum Gasteiger partial charge on any atom is -0.450 e. The summed E-state index contributed by atoms with van der Waals surface area (Å²) >= 11 is 3.32. The lowest BCUT2D eigenvalue weighted by Crippen LogP contribution is -2.31. The number of nitro groups is 1. The third kappa shape index (κ3) is 4.66. The van der Waals surface area contributed by atoms with Gasteiger partial charge < -0.3 is 14.5 Å². The fraction of sp³-hybridized carbons (Fsp3) is 0.200. The molecule has 0 radical (unpaired) electrons. The Morgan fingerprint density at radius 3 is 2.54 bits per heavy atom. The van der Waals surface area contributed by atoms with Gasteiger partial charge in [-0.1, -0.05) is 28.1 Å². The highest BCUT2D eigenvalue weighted by Crippen LogP contribution is 2.17. The molecule has 9 heteroatoms. The first-order chi connectivity index (χ1) is 11.4. The smallest absolute Gasteiger partial charge is 0.433 e. The summed E-state index contributed by atoms with van der Waals surface area (Å²) in [6.07, 6.45) is 0. The van der Waals surface area contributed by atoms with Gasteiger partial charge in [-0.15, -0.1) is 0 Å². The van der Waals surface area contributed by atoms with E-state index in [1.165, 1.54) is 0 Å². The van der Waals surface area contributed by atoms with Gasteiger partial charge in [-0.2, -0.15) is 0 Å². The molecule has 0 aliphatic rings. The van der Waals surface area contributed by atoms with Gasteiger partial charge >= 0.3 is 11.9 Å². The monoisotopic (exact) mass is 396 g/mol. The zero-order valence-corrected chi connectivity index (χ0v) is 14.1. The van der Waals surface area contributed by atoms with Crippen molar-refractivity contribution >= 4 is 33.7 Å². The molecule has 1 aromatic carbocycles. The molecule has 2 rings (SSSR count). The van der Waals surface area contributed by atoms with Gasteiger partial charge in [0.1, 0.15) is 4.92 Å². The molecule has 1 N–H and O–H groups in total. The second-order valence-corrected chi connectivity index (χ2v) is 5.73. The second-order valence-electron chi connectivity index (χ2n) is 4.81. The number of furan rings is 1. The topological polar surface area (TPSA) is 112 Å². The molecule has 0 aliphatic carbocycles. The highest BCUT2D eigenvalue weighted by Gasteiger charge is 2.19. The molecule has 1 amide bonds. The van der Waals surface area contributed by atoms with Crippen molar-refractivity contribution in [3.05, 3.63) is 62.3 Å². The molecule has 0 bridgehead atoms. The van der Waals surface area contributed by atoms with Crippen LogP contribution in [0.1, 0.15) is 29.1 Å². The molecule has 1 aromatic heterocycles. The standard InChI is InChI=1S/C15H13BrN2O6/c1-9(10-2-4-11(16)5-3-10)17-13(19)8-23-15(20)12-6-7-14(24-12)18(21)22/h2-7,9H,8H2,1H3,(H,17,19)/t9-/m0/s1. The lowest BCUT2D eigenvalue weighted by Gasteiger charge is -2.14. The summed E-state index contributed by atoms with van der Waals surface area (Å²) in [4.78, 5) is 33.2. The summed E-state index contributed by atoms with van der Waals surface area (Å²) in [5.74, 6) is -2.36. The summed E-state index contributed by atoms with van der Waals surface area (Å²) in [5, 5.41) is 13.1. The number of nitrogens with zero attached hydrogens (tertiary/aromatic N) is 1. The third-order valence-corrected chi connectivity index (χ3v) is 3.58. The normalized spacial score (nSPS) is 11.6. The maximum atomic E-state index is 11.8. The molecule has 1 atom stereocenters. The summed E-state index contributed by atoms with van der Waals surface area (Å²) in [6.45, 7) is 1.27. The lowest BCUT2D eigenvalue weighted by molar-refractivity contribution is -0.402. The number of ether oxygens (including phenoxy) is 1. The van der Waals surface area contributed by atoms with Gasteiger partial charge in [-0.05, 0) is 30.7 Å². The number of esters is 1. The first-order valence-electron chi connectivity index (χ1n) is 6.83. The average Bonchev–Trinajstić information content (AvgIpc) is 3.03. The molecule has 8 nitrogen and oxygen atoms in total. The van der Waals surface area contributed by atoms with Crippen LogP contribution < -0.4 is 5.32 Å². The van der Waals surface area contributed by atoms with E-state index in [0.29, 0.717) is 0 Å². The molecule has 0 fully saturated rings. The summed E-state index contributed by atoms with van der Waals surface area (Å²) < 4.78 is 10.4. The highest BCUT2D eigenvalue weighted by molar-refractivity contribution is 9.10. The van der Waals surface area contributed by atoms with Crippen LogP contribution in [0.25, 0.3) is 0 Å². The number of nitrogens with one attached hydrogen (secondary N) is 1. The molecule has 0 aliphatic heterocycles. The Morgan fingerprint density at radius 2 is 1.96 bits per heavy atom. The van der Waals surface area contributed by atoms with Crippen LogP contribution in [0.5, 0.6) is 0 Å². The Bertz CT molecular complexity index is 756. The number of carbonyl (C=O) groups is 2. The number of hydrogen-bond donors (Lipinski definition) is 1. The molecule has 2 aromatic rings. The van der Waals surface area contributed by atoms with E-state index in [-0.39, 0.29) is 11.8 Å². The SMILES string of the molecule is C[C@H](NC(=O)COC(=O)c1ccc([N+](=O)[O-])o1)c1ccc(Br)cc1. The number of halogens is 1. The molecule has 0 saturated heterocycles. The van der Waals surface area contributed by atoms with E-state index >= 15 is 0 Å². The van der Waals surface area contributed by atoms with Gasteiger partial charge in [0.2, 0.25) is 5.76 Å². The van der Waals surface area contributed by atoms with Gasteiger partial charge in [0.15, 0.2) is 6.61 Å². The van der Waals surface area contributed by atoms with Crippen molar-refractivity contribution in [3.63, 3.8) is 0 Å². The highest BCUT2D eigenvalue weighted by atomic mass is 79.9. The molecular formula is C15H13BrN2O6. The predicted molar refractivity (Wildman–Crippen MR) is 86.3 cm³/mol. The van der Waals surface area contributed by atoms with Crippen LogP contribution >= 0.6 is 15.9 Å². The Labute approximate surface area is 145 Å². The quantitative estimate of drug-likeness (QED) is 0.456. The van der Waals surface area contributed by atoms with E-state index in [2.05, 4.69) is 21.2 Å². The van der Waals surface area contributed by atoms with Gasteiger partial charge in [0.25, 0.3) is 5.91 Å². The summed E-state index contributed by atoms with van der Waals surface area (Å²) in [7, 11) is 0. The molecule has 24 heavy (non-hydrogen) atoms. The average molecular weight is 397 g/mol. The van der Waals surface area contributed by atoms with Crippen LogP contribution in [0.3, 0.4) is 0 Å². The van der Waals surface area contributed by atoms with Gasteiger partial charge in [0, 0.05) is 4.47 Å². The zero-order valence-electron chi connectivity index (χ0n) is 12.5. The van der Waals surface area contributed by atoms with Crippen LogP contribution in [-0.2, 0) is 9.53 Å². The van der Waals surface area contributed by atoms with Crippen molar-refractivity contribution in [1.82, 2.24) is 5.32 Å². The number of amides is 1. The largest absolute Gasteiger partial charge is 0.450 e. The number of benzene rings is 1. The van der Waals surface area contributed by atoms with E-state index in [0.717, 1.165) is 22.2 Å². The van der Waals surface area contributed by atoms with E-state index in [9.17, 15) is 19.7 Å². The van der Waals surface area contributed by atoms with Crippen molar-refractivity contribution in [2.45, 2.75) is 13.0 Å². The first-order valence-corrected chi connectivity index (χ1v) is 7.62. The van der Waals surface area contributed by atoms with E-state index < -0.39 is 29.3 Å². The van der Waals surface area contributed by atoms with E-state index in [1.807, 2.05) is 24.3 Å². The van der Waals surface area contributed by atoms with Crippen LogP contribution in [0.2, 0.25) is 0 Å². The molecule has 1 heterocycles. The van der Waals surface area contributed by atoms with Crippen LogP contribution in [-0.4, -0.2) is 23.4 Å². The van der Waals surface area contributed by atoms with Gasteiger partial charge in [-0.25, -0.2) is 4.79 Å². The van der Waals surface area contributed by atoms with Crippen molar-refractivity contribution in [2.75, 3.05) is 6.61 Å². The molecular weight excluding hydrogens is 384 g/mol. The molecule has 0 saturated carbocycles. The van der Waals surface area contributed by atoms with Crippen LogP contribution in [0.4, 0.5) is 5.88 Å². The van der Waals surface area contributed by atoms with Crippen molar-refractivity contribution < 1.29 is 23.7 Å². The first kappa shape index (κ1) is 17.7. The fourth-order valence-corrected chi connectivity index (χ4v) is 2.12. The third-order valence-electron chi connectivity index (χ3n) is 3.05. The Hall–Kier alpha value is -2.68. The maximum Gasteiger partial charge on any atom is 0.433 e. The Morgan fingerprint density at radius 1 is 1.29 bits per heavy atom. The van der Waals surface area contributed by atoms with Gasteiger partial charge in [0.05, 0.1) is 12.1 Å². The zero-order chi connectivity index (χ0) is 17.7. The van der Waals surface area contributed by atoms with E-state index in [4.69, 9.17) is 9.15 Å². The Kier molecular flexibility index (Phi) is 5.69. The number of carbonyl (C=O) groups excluding carboxylic acids is 2. The predicted octanol–water partition coefficient (Wildman–Crippen LogP) is 2.98. The van der Waals surface area contributed by atoms with Crippen molar-refractivity contribution in [3.8, 4) is 0 Å². The van der Waals surface area contributed by atoms with Gasteiger partial charge in [-0.3, -0.25) is 14.9 Å². The van der Waals surface area contributed by atoms with Crippen molar-refractivity contribution in [2.24, 2.45) is 0 Å². The van der Waals surface area contributed by atoms with Crippen molar-refractivity contribution in [1.29, 1.82) is 0 Å². The fourth-order valence-electron chi connectivity index (χ4n) is 1.86. The second kappa shape index (κ2) is 7.73. The molecule has 0 spiro atoms.